The van der Waals surface area contributed by atoms with E-state index in [1.165, 1.54) is 0 Å². The molecule has 1 amide bonds. The Kier molecular flexibility index (Phi) is 4.87. The Morgan fingerprint density at radius 1 is 1.29 bits per heavy atom. The van der Waals surface area contributed by atoms with Gasteiger partial charge in [0.2, 0.25) is 5.82 Å². The van der Waals surface area contributed by atoms with Crippen LogP contribution in [0.2, 0.25) is 5.02 Å². The molecule has 6 nitrogen and oxygen atoms in total. The Hall–Kier alpha value is -1.92. The molecule has 2 heterocycles. The number of nitrogens with zero attached hydrogens (tertiary/aromatic N) is 4. The zero-order valence-corrected chi connectivity index (χ0v) is 14.6. The largest absolute Gasteiger partial charge is 0.393 e. The summed E-state index contributed by atoms with van der Waals surface area (Å²) in [6.45, 7) is 4.88. The van der Waals surface area contributed by atoms with E-state index in [1.54, 1.807) is 28.6 Å². The van der Waals surface area contributed by atoms with Gasteiger partial charge in [-0.05, 0) is 56.9 Å². The van der Waals surface area contributed by atoms with Gasteiger partial charge in [-0.2, -0.15) is 0 Å². The van der Waals surface area contributed by atoms with Gasteiger partial charge in [-0.25, -0.2) is 9.67 Å². The molecule has 0 aliphatic carbocycles. The van der Waals surface area contributed by atoms with E-state index in [-0.39, 0.29) is 23.8 Å². The van der Waals surface area contributed by atoms with Crippen LogP contribution >= 0.6 is 11.6 Å². The van der Waals surface area contributed by atoms with Crippen LogP contribution in [0.25, 0.3) is 5.69 Å². The minimum absolute atomic E-state index is 0.158. The molecule has 1 aromatic heterocycles. The molecule has 1 atom stereocenters. The lowest BCUT2D eigenvalue weighted by molar-refractivity contribution is 0.0512. The highest BCUT2D eigenvalue weighted by atomic mass is 35.5. The van der Waals surface area contributed by atoms with Gasteiger partial charge >= 0.3 is 0 Å². The van der Waals surface area contributed by atoms with Crippen LogP contribution in [0.4, 0.5) is 0 Å². The first-order valence-corrected chi connectivity index (χ1v) is 8.50. The first-order valence-electron chi connectivity index (χ1n) is 8.12. The topological polar surface area (TPSA) is 71.2 Å². The van der Waals surface area contributed by atoms with Crippen molar-refractivity contribution in [2.45, 2.75) is 32.8 Å². The van der Waals surface area contributed by atoms with Gasteiger partial charge in [0.1, 0.15) is 5.82 Å². The number of amides is 1. The molecular formula is C17H21ClN4O2. The number of aromatic nitrogens is 3. The average molecular weight is 349 g/mol. The minimum atomic E-state index is -0.327. The van der Waals surface area contributed by atoms with Gasteiger partial charge in [0, 0.05) is 18.1 Å². The van der Waals surface area contributed by atoms with Crippen molar-refractivity contribution in [2.24, 2.45) is 5.92 Å². The molecule has 7 heteroatoms. The lowest BCUT2D eigenvalue weighted by Crippen LogP contribution is -2.41. The van der Waals surface area contributed by atoms with E-state index < -0.39 is 0 Å². The Bertz CT molecular complexity index is 719. The Balaban J connectivity index is 1.75. The second-order valence-corrected chi connectivity index (χ2v) is 6.68. The van der Waals surface area contributed by atoms with Crippen molar-refractivity contribution in [3.05, 3.63) is 40.9 Å². The molecule has 1 saturated heterocycles. The van der Waals surface area contributed by atoms with Crippen LogP contribution in [0, 0.1) is 12.8 Å². The Morgan fingerprint density at radius 3 is 2.50 bits per heavy atom. The number of aliphatic hydroxyl groups excluding tert-OH is 1. The monoisotopic (exact) mass is 348 g/mol. The maximum Gasteiger partial charge on any atom is 0.293 e. The van der Waals surface area contributed by atoms with Crippen molar-refractivity contribution < 1.29 is 9.90 Å². The van der Waals surface area contributed by atoms with Gasteiger partial charge in [-0.1, -0.05) is 11.6 Å². The Morgan fingerprint density at radius 2 is 1.92 bits per heavy atom. The molecule has 0 spiro atoms. The van der Waals surface area contributed by atoms with Crippen molar-refractivity contribution in [3.8, 4) is 5.69 Å². The molecule has 24 heavy (non-hydrogen) atoms. The van der Waals surface area contributed by atoms with Gasteiger partial charge in [-0.15, -0.1) is 5.10 Å². The molecule has 1 fully saturated rings. The van der Waals surface area contributed by atoms with Gasteiger partial charge in [0.25, 0.3) is 5.91 Å². The van der Waals surface area contributed by atoms with E-state index in [4.69, 9.17) is 11.6 Å². The van der Waals surface area contributed by atoms with Crippen molar-refractivity contribution in [1.82, 2.24) is 19.7 Å². The van der Waals surface area contributed by atoms with Crippen LogP contribution in [0.15, 0.2) is 24.3 Å². The van der Waals surface area contributed by atoms with Gasteiger partial charge in [-0.3, -0.25) is 4.79 Å². The fourth-order valence-corrected chi connectivity index (χ4v) is 3.16. The molecular weight excluding hydrogens is 328 g/mol. The molecule has 1 unspecified atom stereocenters. The van der Waals surface area contributed by atoms with Crippen molar-refractivity contribution >= 4 is 17.5 Å². The third-order valence-electron chi connectivity index (χ3n) is 4.54. The fraction of sp³-hybridized carbons (Fsp3) is 0.471. The number of rotatable bonds is 3. The number of aliphatic hydroxyl groups is 1. The van der Waals surface area contributed by atoms with Crippen LogP contribution in [0.3, 0.4) is 0 Å². The number of carbonyl (C=O) groups excluding carboxylic acids is 1. The highest BCUT2D eigenvalue weighted by Gasteiger charge is 2.28. The number of halogens is 1. The normalized spacial score (nSPS) is 17.1. The van der Waals surface area contributed by atoms with Gasteiger partial charge in [0.15, 0.2) is 0 Å². The second-order valence-electron chi connectivity index (χ2n) is 6.24. The smallest absolute Gasteiger partial charge is 0.293 e. The molecule has 1 aliphatic heterocycles. The number of hydrogen-bond donors (Lipinski definition) is 1. The molecule has 0 saturated carbocycles. The molecule has 1 aromatic carbocycles. The first-order chi connectivity index (χ1) is 11.5. The summed E-state index contributed by atoms with van der Waals surface area (Å²) < 4.78 is 1.64. The molecule has 0 radical (unpaired) electrons. The number of likely N-dealkylation sites (tertiary alicyclic amines) is 1. The summed E-state index contributed by atoms with van der Waals surface area (Å²) in [6, 6.07) is 7.24. The summed E-state index contributed by atoms with van der Waals surface area (Å²) in [7, 11) is 0. The predicted molar refractivity (Wildman–Crippen MR) is 91.4 cm³/mol. The standard InChI is InChI=1S/C17H21ClN4O2/c1-11(23)13-7-9-21(10-8-13)17(24)16-19-12(2)22(20-16)15-5-3-14(18)4-6-15/h3-6,11,13,23H,7-10H2,1-2H3. The third-order valence-corrected chi connectivity index (χ3v) is 4.79. The highest BCUT2D eigenvalue weighted by Crippen LogP contribution is 2.22. The number of benzene rings is 1. The van der Waals surface area contributed by atoms with Gasteiger partial charge < -0.3 is 10.0 Å². The van der Waals surface area contributed by atoms with E-state index in [1.807, 2.05) is 19.1 Å². The van der Waals surface area contributed by atoms with Gasteiger partial charge in [0.05, 0.1) is 11.8 Å². The Labute approximate surface area is 146 Å². The lowest BCUT2D eigenvalue weighted by Gasteiger charge is -2.32. The minimum Gasteiger partial charge on any atom is -0.393 e. The molecule has 2 aromatic rings. The number of aryl methyl sites for hydroxylation is 1. The predicted octanol–water partition coefficient (Wildman–Crippen LogP) is 2.46. The lowest BCUT2D eigenvalue weighted by atomic mass is 9.92. The van der Waals surface area contributed by atoms with Crippen molar-refractivity contribution in [2.75, 3.05) is 13.1 Å². The number of piperidine rings is 1. The summed E-state index contributed by atoms with van der Waals surface area (Å²) in [4.78, 5) is 18.7. The van der Waals surface area contributed by atoms with E-state index in [0.29, 0.717) is 23.9 Å². The van der Waals surface area contributed by atoms with Crippen LogP contribution in [0.1, 0.15) is 36.2 Å². The quantitative estimate of drug-likeness (QED) is 0.924. The van der Waals surface area contributed by atoms with Crippen LogP contribution in [-0.2, 0) is 0 Å². The highest BCUT2D eigenvalue weighted by molar-refractivity contribution is 6.30. The van der Waals surface area contributed by atoms with Crippen molar-refractivity contribution in [3.63, 3.8) is 0 Å². The van der Waals surface area contributed by atoms with Crippen molar-refractivity contribution in [1.29, 1.82) is 0 Å². The number of hydrogen-bond acceptors (Lipinski definition) is 4. The second kappa shape index (κ2) is 6.91. The summed E-state index contributed by atoms with van der Waals surface area (Å²) in [5.41, 5.74) is 0.816. The molecule has 3 rings (SSSR count). The van der Waals surface area contributed by atoms with E-state index >= 15 is 0 Å². The number of carbonyl (C=O) groups is 1. The fourth-order valence-electron chi connectivity index (χ4n) is 3.03. The summed E-state index contributed by atoms with van der Waals surface area (Å²) in [6.07, 6.45) is 1.28. The molecule has 128 valence electrons. The van der Waals surface area contributed by atoms with E-state index in [2.05, 4.69) is 10.1 Å². The SMILES string of the molecule is Cc1nc(C(=O)N2CCC(C(C)O)CC2)nn1-c1ccc(Cl)cc1. The first kappa shape index (κ1) is 16.9. The van der Waals surface area contributed by atoms with Crippen LogP contribution in [-0.4, -0.2) is 49.9 Å². The molecule has 0 bridgehead atoms. The average Bonchev–Trinajstić information content (AvgIpc) is 2.97. The van der Waals surface area contributed by atoms with Crippen LogP contribution < -0.4 is 0 Å². The summed E-state index contributed by atoms with van der Waals surface area (Å²) >= 11 is 5.91. The zero-order chi connectivity index (χ0) is 17.3. The maximum atomic E-state index is 12.6. The van der Waals surface area contributed by atoms with E-state index in [9.17, 15) is 9.90 Å². The summed E-state index contributed by atoms with van der Waals surface area (Å²) in [5.74, 6) is 0.961. The zero-order valence-electron chi connectivity index (χ0n) is 13.8. The molecule has 1 N–H and O–H groups in total. The summed E-state index contributed by atoms with van der Waals surface area (Å²) in [5, 5.41) is 14.7. The molecule has 1 aliphatic rings. The third kappa shape index (κ3) is 3.44. The van der Waals surface area contributed by atoms with E-state index in [0.717, 1.165) is 18.5 Å². The maximum absolute atomic E-state index is 12.6. The van der Waals surface area contributed by atoms with Crippen LogP contribution in [0.5, 0.6) is 0 Å².